The van der Waals surface area contributed by atoms with Crippen molar-refractivity contribution in [3.63, 3.8) is 0 Å². The highest BCUT2D eigenvalue weighted by molar-refractivity contribution is 5.66. The van der Waals surface area contributed by atoms with E-state index >= 15 is 0 Å². The SMILES string of the molecule is CC(=O)O[C@H]1[C@@H]2O[C@H](c3ccccc3)OC[C@H]2O[C@@H](OCc2ccccc2)[C@@H]1[N+](=O)[O-]. The molecule has 0 radical (unpaired) electrons. The number of carbonyl (C=O) groups excluding carboxylic acids is 1. The third kappa shape index (κ3) is 4.91. The third-order valence-electron chi connectivity index (χ3n) is 5.18. The molecule has 0 amide bonds. The van der Waals surface area contributed by atoms with Gasteiger partial charge in [0.25, 0.3) is 0 Å². The van der Waals surface area contributed by atoms with E-state index in [1.807, 2.05) is 60.7 Å². The number of hydrogen-bond acceptors (Lipinski definition) is 8. The van der Waals surface area contributed by atoms with Crippen LogP contribution < -0.4 is 0 Å². The van der Waals surface area contributed by atoms with E-state index < -0.39 is 47.8 Å². The molecule has 0 bridgehead atoms. The molecule has 2 aromatic carbocycles. The van der Waals surface area contributed by atoms with Gasteiger partial charge < -0.3 is 23.7 Å². The summed E-state index contributed by atoms with van der Waals surface area (Å²) in [4.78, 5) is 23.2. The highest BCUT2D eigenvalue weighted by Crippen LogP contribution is 2.36. The van der Waals surface area contributed by atoms with Crippen LogP contribution in [0.25, 0.3) is 0 Å². The summed E-state index contributed by atoms with van der Waals surface area (Å²) in [6.07, 6.45) is -4.75. The van der Waals surface area contributed by atoms with Gasteiger partial charge in [0.15, 0.2) is 6.29 Å². The Labute approximate surface area is 179 Å². The zero-order valence-corrected chi connectivity index (χ0v) is 16.9. The summed E-state index contributed by atoms with van der Waals surface area (Å²) < 4.78 is 28.8. The zero-order chi connectivity index (χ0) is 21.8. The molecule has 2 aliphatic rings. The number of ether oxygens (including phenoxy) is 5. The Hall–Kier alpha value is -2.85. The number of benzene rings is 2. The summed E-state index contributed by atoms with van der Waals surface area (Å²) in [5.41, 5.74) is 1.59. The molecule has 0 unspecified atom stereocenters. The van der Waals surface area contributed by atoms with Crippen molar-refractivity contribution in [3.05, 3.63) is 81.9 Å². The molecule has 2 saturated heterocycles. The molecule has 31 heavy (non-hydrogen) atoms. The zero-order valence-electron chi connectivity index (χ0n) is 16.9. The van der Waals surface area contributed by atoms with E-state index in [1.54, 1.807) is 0 Å². The van der Waals surface area contributed by atoms with Gasteiger partial charge in [0, 0.05) is 17.4 Å². The van der Waals surface area contributed by atoms with Crippen LogP contribution in [0.2, 0.25) is 0 Å². The molecule has 0 saturated carbocycles. The number of fused-ring (bicyclic) bond motifs is 1. The molecule has 0 N–H and O–H groups in total. The van der Waals surface area contributed by atoms with Crippen LogP contribution in [-0.2, 0) is 35.1 Å². The van der Waals surface area contributed by atoms with Crippen LogP contribution >= 0.6 is 0 Å². The van der Waals surface area contributed by atoms with Crippen molar-refractivity contribution in [2.75, 3.05) is 6.61 Å². The summed E-state index contributed by atoms with van der Waals surface area (Å²) in [5, 5.41) is 12.0. The van der Waals surface area contributed by atoms with Gasteiger partial charge in [-0.05, 0) is 5.56 Å². The maximum absolute atomic E-state index is 12.0. The first-order valence-electron chi connectivity index (χ1n) is 9.96. The number of rotatable bonds is 6. The first-order chi connectivity index (χ1) is 15.0. The first-order valence-corrected chi connectivity index (χ1v) is 9.96. The van der Waals surface area contributed by atoms with Crippen molar-refractivity contribution < 1.29 is 33.4 Å². The maximum Gasteiger partial charge on any atom is 0.303 e. The molecule has 9 heteroatoms. The Morgan fingerprint density at radius 1 is 1.10 bits per heavy atom. The van der Waals surface area contributed by atoms with E-state index in [0.717, 1.165) is 11.1 Å². The van der Waals surface area contributed by atoms with Crippen LogP contribution in [0.3, 0.4) is 0 Å². The number of nitro groups is 1. The van der Waals surface area contributed by atoms with Gasteiger partial charge in [-0.3, -0.25) is 14.9 Å². The second-order valence-electron chi connectivity index (χ2n) is 7.37. The standard InChI is InChI=1S/C22H23NO8/c1-14(24)29-20-18(23(25)26)22(27-12-15-8-4-2-5-9-15)30-17-13-28-21(31-19(17)20)16-10-6-3-7-11-16/h2-11,17-22H,12-13H2,1H3/t17-,18-,19-,20-,21-,22-/m1/s1. The van der Waals surface area contributed by atoms with Crippen molar-refractivity contribution in [2.24, 2.45) is 0 Å². The van der Waals surface area contributed by atoms with Crippen LogP contribution in [0.4, 0.5) is 0 Å². The summed E-state index contributed by atoms with van der Waals surface area (Å²) >= 11 is 0. The van der Waals surface area contributed by atoms with E-state index in [0.29, 0.717) is 0 Å². The highest BCUT2D eigenvalue weighted by atomic mass is 16.8. The molecule has 0 spiro atoms. The van der Waals surface area contributed by atoms with Crippen LogP contribution in [0.15, 0.2) is 60.7 Å². The topological polar surface area (TPSA) is 106 Å². The smallest absolute Gasteiger partial charge is 0.303 e. The van der Waals surface area contributed by atoms with Gasteiger partial charge in [-0.15, -0.1) is 0 Å². The number of esters is 1. The average Bonchev–Trinajstić information content (AvgIpc) is 2.78. The number of carbonyl (C=O) groups is 1. The van der Waals surface area contributed by atoms with Crippen molar-refractivity contribution in [2.45, 2.75) is 50.5 Å². The number of nitrogens with zero attached hydrogens (tertiary/aromatic N) is 1. The van der Waals surface area contributed by atoms with Crippen LogP contribution in [0.5, 0.6) is 0 Å². The minimum Gasteiger partial charge on any atom is -0.452 e. The van der Waals surface area contributed by atoms with Gasteiger partial charge >= 0.3 is 12.0 Å². The van der Waals surface area contributed by atoms with E-state index in [4.69, 9.17) is 23.7 Å². The van der Waals surface area contributed by atoms with Gasteiger partial charge in [0.2, 0.25) is 12.4 Å². The van der Waals surface area contributed by atoms with Crippen LogP contribution in [0, 0.1) is 10.1 Å². The number of hydrogen-bond donors (Lipinski definition) is 0. The summed E-state index contributed by atoms with van der Waals surface area (Å²) in [7, 11) is 0. The molecule has 2 aliphatic heterocycles. The molecule has 2 fully saturated rings. The largest absolute Gasteiger partial charge is 0.452 e. The molecular weight excluding hydrogens is 406 g/mol. The average molecular weight is 429 g/mol. The summed E-state index contributed by atoms with van der Waals surface area (Å²) in [6, 6.07) is 17.0. The van der Waals surface area contributed by atoms with Gasteiger partial charge in [-0.2, -0.15) is 0 Å². The second kappa shape index (κ2) is 9.52. The van der Waals surface area contributed by atoms with Crippen LogP contribution in [-0.4, -0.2) is 48.1 Å². The molecule has 2 heterocycles. The van der Waals surface area contributed by atoms with Crippen molar-refractivity contribution in [3.8, 4) is 0 Å². The Morgan fingerprint density at radius 3 is 2.42 bits per heavy atom. The lowest BCUT2D eigenvalue weighted by molar-refractivity contribution is -0.578. The minimum absolute atomic E-state index is 0.106. The predicted octanol–water partition coefficient (Wildman–Crippen LogP) is 2.62. The van der Waals surface area contributed by atoms with Crippen molar-refractivity contribution >= 4 is 5.97 Å². The van der Waals surface area contributed by atoms with Gasteiger partial charge in [0.1, 0.15) is 12.2 Å². The monoisotopic (exact) mass is 429 g/mol. The molecule has 6 atom stereocenters. The second-order valence-corrected chi connectivity index (χ2v) is 7.37. The van der Waals surface area contributed by atoms with Crippen LogP contribution in [0.1, 0.15) is 24.3 Å². The fourth-order valence-corrected chi connectivity index (χ4v) is 3.78. The van der Waals surface area contributed by atoms with E-state index in [2.05, 4.69) is 0 Å². The van der Waals surface area contributed by atoms with E-state index in [-0.39, 0.29) is 13.2 Å². The molecule has 0 aromatic heterocycles. The lowest BCUT2D eigenvalue weighted by Gasteiger charge is -2.45. The first kappa shape index (κ1) is 21.4. The molecule has 164 valence electrons. The molecular formula is C22H23NO8. The van der Waals surface area contributed by atoms with Gasteiger partial charge in [0.05, 0.1) is 13.2 Å². The van der Waals surface area contributed by atoms with E-state index in [9.17, 15) is 14.9 Å². The fourth-order valence-electron chi connectivity index (χ4n) is 3.78. The molecule has 2 aromatic rings. The van der Waals surface area contributed by atoms with Crippen molar-refractivity contribution in [1.82, 2.24) is 0 Å². The highest BCUT2D eigenvalue weighted by Gasteiger charge is 2.58. The predicted molar refractivity (Wildman–Crippen MR) is 106 cm³/mol. The quantitative estimate of drug-likeness (QED) is 0.392. The Kier molecular flexibility index (Phi) is 6.57. The van der Waals surface area contributed by atoms with Gasteiger partial charge in [-0.1, -0.05) is 60.7 Å². The normalized spacial score (nSPS) is 30.2. The van der Waals surface area contributed by atoms with Gasteiger partial charge in [-0.25, -0.2) is 0 Å². The van der Waals surface area contributed by atoms with E-state index in [1.165, 1.54) is 6.92 Å². The lowest BCUT2D eigenvalue weighted by atomic mass is 9.95. The minimum atomic E-state index is -1.46. The summed E-state index contributed by atoms with van der Waals surface area (Å²) in [5.74, 6) is -0.648. The molecule has 0 aliphatic carbocycles. The Morgan fingerprint density at radius 2 is 1.77 bits per heavy atom. The van der Waals surface area contributed by atoms with Crippen molar-refractivity contribution in [1.29, 1.82) is 0 Å². The molecule has 9 nitrogen and oxygen atoms in total. The third-order valence-corrected chi connectivity index (χ3v) is 5.18. The Balaban J connectivity index is 1.56. The maximum atomic E-state index is 12.0. The molecule has 4 rings (SSSR count). The lowest BCUT2D eigenvalue weighted by Crippen LogP contribution is -2.65. The fraction of sp³-hybridized carbons (Fsp3) is 0.409. The Bertz CT molecular complexity index is 893. The summed E-state index contributed by atoms with van der Waals surface area (Å²) in [6.45, 7) is 1.42.